The molecule has 2 heterocycles. The molecule has 1 unspecified atom stereocenters. The first-order valence-corrected chi connectivity index (χ1v) is 8.23. The number of benzene rings is 1. The number of hydrogen-bond donors (Lipinski definition) is 2. The molecule has 3 N–H and O–H groups in total. The van der Waals surface area contributed by atoms with Crippen LogP contribution in [0.25, 0.3) is 0 Å². The van der Waals surface area contributed by atoms with Gasteiger partial charge in [-0.1, -0.05) is 0 Å². The fourth-order valence-electron chi connectivity index (χ4n) is 2.56. The van der Waals surface area contributed by atoms with E-state index in [1.54, 1.807) is 6.07 Å². The summed E-state index contributed by atoms with van der Waals surface area (Å²) >= 11 is 0. The molecule has 0 aromatic heterocycles. The lowest BCUT2D eigenvalue weighted by Crippen LogP contribution is -2.45. The Labute approximate surface area is 123 Å². The number of rotatable bonds is 2. The summed E-state index contributed by atoms with van der Waals surface area (Å²) in [7, 11) is -3.60. The lowest BCUT2D eigenvalue weighted by molar-refractivity contribution is -0.118. The molecule has 1 fully saturated rings. The van der Waals surface area contributed by atoms with Crippen molar-refractivity contribution in [3.8, 4) is 5.75 Å². The Kier molecular flexibility index (Phi) is 3.60. The average molecular weight is 311 g/mol. The Morgan fingerprint density at radius 3 is 2.95 bits per heavy atom. The minimum Gasteiger partial charge on any atom is -0.482 e. The van der Waals surface area contributed by atoms with E-state index in [1.165, 1.54) is 16.4 Å². The predicted molar refractivity (Wildman–Crippen MR) is 76.5 cm³/mol. The van der Waals surface area contributed by atoms with Gasteiger partial charge in [0.2, 0.25) is 10.0 Å². The number of carbonyl (C=O) groups excluding carboxylic acids is 1. The minimum atomic E-state index is -3.60. The van der Waals surface area contributed by atoms with Crippen LogP contribution in [0, 0.1) is 0 Å². The molecule has 1 aromatic rings. The maximum atomic E-state index is 12.6. The van der Waals surface area contributed by atoms with Gasteiger partial charge in [-0.3, -0.25) is 4.79 Å². The van der Waals surface area contributed by atoms with Gasteiger partial charge < -0.3 is 15.8 Å². The van der Waals surface area contributed by atoms with Crippen LogP contribution in [0.2, 0.25) is 0 Å². The number of anilines is 1. The van der Waals surface area contributed by atoms with Gasteiger partial charge in [0.25, 0.3) is 5.91 Å². The lowest BCUT2D eigenvalue weighted by Gasteiger charge is -2.30. The summed E-state index contributed by atoms with van der Waals surface area (Å²) in [5, 5.41) is 2.61. The predicted octanol–water partition coefficient (Wildman–Crippen LogP) is 0.129. The third kappa shape index (κ3) is 2.74. The topological polar surface area (TPSA) is 102 Å². The normalized spacial score (nSPS) is 23.1. The van der Waals surface area contributed by atoms with Gasteiger partial charge in [-0.25, -0.2) is 8.42 Å². The molecule has 2 aliphatic rings. The number of sulfonamides is 1. The van der Waals surface area contributed by atoms with Crippen LogP contribution in [-0.4, -0.2) is 44.4 Å². The Morgan fingerprint density at radius 1 is 1.38 bits per heavy atom. The average Bonchev–Trinajstić information content (AvgIpc) is 2.46. The number of fused-ring (bicyclic) bond motifs is 1. The van der Waals surface area contributed by atoms with Crippen molar-refractivity contribution in [1.82, 2.24) is 4.31 Å². The molecular formula is C13H17N3O4S. The second-order valence-electron chi connectivity index (χ2n) is 5.26. The zero-order valence-corrected chi connectivity index (χ0v) is 12.2. The number of hydrogen-bond acceptors (Lipinski definition) is 5. The largest absolute Gasteiger partial charge is 0.482 e. The molecule has 114 valence electrons. The Hall–Kier alpha value is -1.64. The molecule has 0 saturated carbocycles. The van der Waals surface area contributed by atoms with Gasteiger partial charge >= 0.3 is 0 Å². The molecular weight excluding hydrogens is 294 g/mol. The van der Waals surface area contributed by atoms with E-state index in [4.69, 9.17) is 10.5 Å². The van der Waals surface area contributed by atoms with Crippen molar-refractivity contribution in [2.24, 2.45) is 5.73 Å². The molecule has 0 radical (unpaired) electrons. The van der Waals surface area contributed by atoms with Gasteiger partial charge in [0.1, 0.15) is 5.75 Å². The van der Waals surface area contributed by atoms with Crippen LogP contribution in [-0.2, 0) is 14.8 Å². The summed E-state index contributed by atoms with van der Waals surface area (Å²) in [5.74, 6) is 0.181. The number of nitrogens with two attached hydrogens (primary N) is 1. The third-order valence-corrected chi connectivity index (χ3v) is 5.50. The van der Waals surface area contributed by atoms with Crippen LogP contribution in [0.1, 0.15) is 12.8 Å². The molecule has 1 atom stereocenters. The molecule has 21 heavy (non-hydrogen) atoms. The number of nitrogens with one attached hydrogen (secondary N) is 1. The zero-order valence-electron chi connectivity index (χ0n) is 11.4. The zero-order chi connectivity index (χ0) is 15.0. The molecule has 0 bridgehead atoms. The highest BCUT2D eigenvalue weighted by molar-refractivity contribution is 7.89. The first-order valence-electron chi connectivity index (χ1n) is 6.79. The van der Waals surface area contributed by atoms with Crippen molar-refractivity contribution < 1.29 is 17.9 Å². The molecule has 1 saturated heterocycles. The molecule has 3 rings (SSSR count). The van der Waals surface area contributed by atoms with Crippen molar-refractivity contribution >= 4 is 21.6 Å². The van der Waals surface area contributed by atoms with E-state index in [2.05, 4.69) is 5.32 Å². The van der Waals surface area contributed by atoms with Crippen LogP contribution >= 0.6 is 0 Å². The van der Waals surface area contributed by atoms with E-state index < -0.39 is 10.0 Å². The second-order valence-corrected chi connectivity index (χ2v) is 7.20. The lowest BCUT2D eigenvalue weighted by atomic mass is 10.1. The van der Waals surface area contributed by atoms with Crippen molar-refractivity contribution in [3.63, 3.8) is 0 Å². The fraction of sp³-hybridized carbons (Fsp3) is 0.462. The van der Waals surface area contributed by atoms with E-state index in [0.29, 0.717) is 24.5 Å². The van der Waals surface area contributed by atoms with Crippen LogP contribution < -0.4 is 15.8 Å². The fourth-order valence-corrected chi connectivity index (χ4v) is 4.13. The second kappa shape index (κ2) is 5.28. The maximum Gasteiger partial charge on any atom is 0.262 e. The quantitative estimate of drug-likeness (QED) is 0.808. The smallest absolute Gasteiger partial charge is 0.262 e. The number of carbonyl (C=O) groups is 1. The highest BCUT2D eigenvalue weighted by Gasteiger charge is 2.30. The highest BCUT2D eigenvalue weighted by atomic mass is 32.2. The summed E-state index contributed by atoms with van der Waals surface area (Å²) in [6.07, 6.45) is 1.59. The van der Waals surface area contributed by atoms with Gasteiger partial charge in [-0.15, -0.1) is 0 Å². The van der Waals surface area contributed by atoms with E-state index in [9.17, 15) is 13.2 Å². The van der Waals surface area contributed by atoms with Crippen molar-refractivity contribution in [2.75, 3.05) is 25.0 Å². The third-order valence-electron chi connectivity index (χ3n) is 3.64. The minimum absolute atomic E-state index is 0.0555. The van der Waals surface area contributed by atoms with Gasteiger partial charge in [0, 0.05) is 19.1 Å². The summed E-state index contributed by atoms with van der Waals surface area (Å²) in [5.41, 5.74) is 6.23. The monoisotopic (exact) mass is 311 g/mol. The van der Waals surface area contributed by atoms with E-state index in [-0.39, 0.29) is 23.5 Å². The van der Waals surface area contributed by atoms with Crippen molar-refractivity contribution in [1.29, 1.82) is 0 Å². The highest BCUT2D eigenvalue weighted by Crippen LogP contribution is 2.31. The molecule has 8 heteroatoms. The SMILES string of the molecule is NC1CCCN(S(=O)(=O)c2ccc3c(c2)NC(=O)CO3)C1. The molecule has 2 aliphatic heterocycles. The van der Waals surface area contributed by atoms with E-state index in [1.807, 2.05) is 0 Å². The first-order chi connectivity index (χ1) is 9.96. The summed E-state index contributed by atoms with van der Waals surface area (Å²) < 4.78 is 31.9. The summed E-state index contributed by atoms with van der Waals surface area (Å²) in [6.45, 7) is 0.734. The van der Waals surface area contributed by atoms with E-state index >= 15 is 0 Å². The number of piperidine rings is 1. The Bertz CT molecular complexity index is 674. The molecule has 1 aromatic carbocycles. The van der Waals surface area contributed by atoms with Crippen molar-refractivity contribution in [2.45, 2.75) is 23.8 Å². The molecule has 7 nitrogen and oxygen atoms in total. The van der Waals surface area contributed by atoms with Gasteiger partial charge in [-0.2, -0.15) is 4.31 Å². The molecule has 0 aliphatic carbocycles. The maximum absolute atomic E-state index is 12.6. The standard InChI is InChI=1S/C13H17N3O4S/c14-9-2-1-5-16(7-9)21(18,19)10-3-4-12-11(6-10)15-13(17)8-20-12/h3-4,6,9H,1-2,5,7-8,14H2,(H,15,17). The number of amides is 1. The Balaban J connectivity index is 1.92. The van der Waals surface area contributed by atoms with Gasteiger partial charge in [-0.05, 0) is 31.0 Å². The molecule has 1 amide bonds. The Morgan fingerprint density at radius 2 is 2.19 bits per heavy atom. The summed E-state index contributed by atoms with van der Waals surface area (Å²) in [6, 6.07) is 4.35. The van der Waals surface area contributed by atoms with Crippen molar-refractivity contribution in [3.05, 3.63) is 18.2 Å². The number of nitrogens with zero attached hydrogens (tertiary/aromatic N) is 1. The van der Waals surface area contributed by atoms with Crippen LogP contribution in [0.15, 0.2) is 23.1 Å². The summed E-state index contributed by atoms with van der Waals surface area (Å²) in [4.78, 5) is 11.5. The van der Waals surface area contributed by atoms with Gasteiger partial charge in [0.05, 0.1) is 10.6 Å². The van der Waals surface area contributed by atoms with Gasteiger partial charge in [0.15, 0.2) is 6.61 Å². The van der Waals surface area contributed by atoms with Crippen LogP contribution in [0.4, 0.5) is 5.69 Å². The van der Waals surface area contributed by atoms with E-state index in [0.717, 1.165) is 12.8 Å². The first kappa shape index (κ1) is 14.3. The number of ether oxygens (including phenoxy) is 1. The molecule has 0 spiro atoms. The van der Waals surface area contributed by atoms with Crippen LogP contribution in [0.3, 0.4) is 0 Å². The van der Waals surface area contributed by atoms with Crippen LogP contribution in [0.5, 0.6) is 5.75 Å².